The fraction of sp³-hybridized carbons (Fsp3) is 0.273. The molecule has 18 heavy (non-hydrogen) atoms. The number of nitro benzene ring substituents is 1. The molecule has 0 bridgehead atoms. The van der Waals surface area contributed by atoms with Gasteiger partial charge in [0.2, 0.25) is 0 Å². The van der Waals surface area contributed by atoms with Crippen molar-refractivity contribution in [3.8, 4) is 0 Å². The van der Waals surface area contributed by atoms with Crippen molar-refractivity contribution in [3.63, 3.8) is 0 Å². The number of nitrogens with zero attached hydrogens (tertiary/aromatic N) is 2. The van der Waals surface area contributed by atoms with E-state index in [1.807, 2.05) is 0 Å². The van der Waals surface area contributed by atoms with Crippen LogP contribution in [0.15, 0.2) is 29.3 Å². The predicted molar refractivity (Wildman–Crippen MR) is 70.3 cm³/mol. The highest BCUT2D eigenvalue weighted by Gasteiger charge is 2.21. The second kappa shape index (κ2) is 6.46. The van der Waals surface area contributed by atoms with Crippen LogP contribution in [0.2, 0.25) is 0 Å². The van der Waals surface area contributed by atoms with Crippen LogP contribution in [-0.2, 0) is 0 Å². The Balaban J connectivity index is 3.29. The number of anilines is 1. The molecular formula is C11H12BrFN2O3. The van der Waals surface area contributed by atoms with Gasteiger partial charge >= 0.3 is 0 Å². The predicted octanol–water partition coefficient (Wildman–Crippen LogP) is 2.48. The number of aliphatic hydroxyl groups is 1. The number of benzene rings is 1. The van der Waals surface area contributed by atoms with Gasteiger partial charge in [-0.2, -0.15) is 0 Å². The van der Waals surface area contributed by atoms with Crippen LogP contribution in [0.1, 0.15) is 0 Å². The van der Waals surface area contributed by atoms with Gasteiger partial charge in [-0.1, -0.05) is 6.08 Å². The van der Waals surface area contributed by atoms with E-state index in [2.05, 4.69) is 22.5 Å². The van der Waals surface area contributed by atoms with E-state index < -0.39 is 10.7 Å². The average Bonchev–Trinajstić information content (AvgIpc) is 2.31. The van der Waals surface area contributed by atoms with Crippen LogP contribution >= 0.6 is 15.9 Å². The molecule has 0 heterocycles. The lowest BCUT2D eigenvalue weighted by atomic mass is 10.2. The summed E-state index contributed by atoms with van der Waals surface area (Å²) in [4.78, 5) is 11.8. The minimum Gasteiger partial charge on any atom is -0.395 e. The molecule has 1 aromatic rings. The van der Waals surface area contributed by atoms with E-state index in [4.69, 9.17) is 5.11 Å². The maximum Gasteiger partial charge on any atom is 0.293 e. The summed E-state index contributed by atoms with van der Waals surface area (Å²) in [6, 6.07) is 2.18. The molecule has 0 aromatic heterocycles. The number of halogens is 2. The Bertz CT molecular complexity index is 468. The Hall–Kier alpha value is -1.47. The van der Waals surface area contributed by atoms with Crippen molar-refractivity contribution in [1.29, 1.82) is 0 Å². The van der Waals surface area contributed by atoms with Crippen LogP contribution in [0.5, 0.6) is 0 Å². The highest BCUT2D eigenvalue weighted by molar-refractivity contribution is 9.10. The summed E-state index contributed by atoms with van der Waals surface area (Å²) in [6.07, 6.45) is 1.53. The lowest BCUT2D eigenvalue weighted by Crippen LogP contribution is -2.27. The Morgan fingerprint density at radius 2 is 2.28 bits per heavy atom. The minimum atomic E-state index is -0.595. The molecule has 5 nitrogen and oxygen atoms in total. The average molecular weight is 319 g/mol. The Labute approximate surface area is 112 Å². The second-order valence-electron chi connectivity index (χ2n) is 3.47. The molecule has 0 aliphatic rings. The van der Waals surface area contributed by atoms with Crippen molar-refractivity contribution in [2.75, 3.05) is 24.6 Å². The van der Waals surface area contributed by atoms with Gasteiger partial charge in [-0.15, -0.1) is 6.58 Å². The first kappa shape index (κ1) is 14.6. The quantitative estimate of drug-likeness (QED) is 0.497. The summed E-state index contributed by atoms with van der Waals surface area (Å²) in [5.74, 6) is -0.595. The van der Waals surface area contributed by atoms with E-state index in [1.54, 1.807) is 0 Å². The van der Waals surface area contributed by atoms with Gasteiger partial charge in [0.05, 0.1) is 16.0 Å². The monoisotopic (exact) mass is 318 g/mol. The van der Waals surface area contributed by atoms with Crippen molar-refractivity contribution in [1.82, 2.24) is 0 Å². The Kier molecular flexibility index (Phi) is 5.24. The van der Waals surface area contributed by atoms with Crippen molar-refractivity contribution < 1.29 is 14.4 Å². The van der Waals surface area contributed by atoms with E-state index in [-0.39, 0.29) is 35.5 Å². The van der Waals surface area contributed by atoms with Crippen LogP contribution < -0.4 is 4.90 Å². The number of nitro groups is 1. The minimum absolute atomic E-state index is 0.0282. The third-order valence-corrected chi connectivity index (χ3v) is 2.88. The third-order valence-electron chi connectivity index (χ3n) is 2.27. The molecule has 0 amide bonds. The maximum atomic E-state index is 13.5. The van der Waals surface area contributed by atoms with Gasteiger partial charge in [0.15, 0.2) is 0 Å². The first-order valence-corrected chi connectivity index (χ1v) is 5.90. The second-order valence-corrected chi connectivity index (χ2v) is 4.32. The molecule has 0 saturated heterocycles. The molecule has 0 atom stereocenters. The van der Waals surface area contributed by atoms with E-state index in [1.165, 1.54) is 11.0 Å². The van der Waals surface area contributed by atoms with E-state index in [0.29, 0.717) is 0 Å². The summed E-state index contributed by atoms with van der Waals surface area (Å²) in [6.45, 7) is 3.78. The lowest BCUT2D eigenvalue weighted by Gasteiger charge is -2.22. The topological polar surface area (TPSA) is 66.6 Å². The van der Waals surface area contributed by atoms with Crippen molar-refractivity contribution in [3.05, 3.63) is 45.2 Å². The largest absolute Gasteiger partial charge is 0.395 e. The molecule has 0 spiro atoms. The van der Waals surface area contributed by atoms with Crippen LogP contribution in [0.3, 0.4) is 0 Å². The van der Waals surface area contributed by atoms with E-state index in [0.717, 1.165) is 12.1 Å². The first-order valence-electron chi connectivity index (χ1n) is 5.11. The SMILES string of the molecule is C=CCN(CCO)c1cc(F)c(Br)cc1[N+](=O)[O-]. The molecule has 0 aliphatic carbocycles. The molecule has 0 fully saturated rings. The number of hydrogen-bond acceptors (Lipinski definition) is 4. The molecular weight excluding hydrogens is 307 g/mol. The smallest absolute Gasteiger partial charge is 0.293 e. The van der Waals surface area contributed by atoms with Crippen LogP contribution in [0.4, 0.5) is 15.8 Å². The summed E-state index contributed by atoms with van der Waals surface area (Å²) in [7, 11) is 0. The van der Waals surface area contributed by atoms with Gasteiger partial charge in [-0.05, 0) is 15.9 Å². The maximum absolute atomic E-state index is 13.5. The molecule has 98 valence electrons. The molecule has 1 aromatic carbocycles. The Morgan fingerprint density at radius 3 is 2.78 bits per heavy atom. The van der Waals surface area contributed by atoms with Gasteiger partial charge < -0.3 is 10.0 Å². The van der Waals surface area contributed by atoms with Gasteiger partial charge in [-0.25, -0.2) is 4.39 Å². The zero-order chi connectivity index (χ0) is 13.7. The summed E-state index contributed by atoms with van der Waals surface area (Å²) in [5, 5.41) is 19.9. The van der Waals surface area contributed by atoms with Crippen molar-refractivity contribution in [2.45, 2.75) is 0 Å². The van der Waals surface area contributed by atoms with Crippen molar-refractivity contribution in [2.24, 2.45) is 0 Å². The lowest BCUT2D eigenvalue weighted by molar-refractivity contribution is -0.384. The fourth-order valence-electron chi connectivity index (χ4n) is 1.51. The van der Waals surface area contributed by atoms with Gasteiger partial charge in [0.25, 0.3) is 5.69 Å². The number of rotatable bonds is 6. The molecule has 0 radical (unpaired) electrons. The van der Waals surface area contributed by atoms with Crippen LogP contribution in [-0.4, -0.2) is 29.7 Å². The number of aliphatic hydroxyl groups excluding tert-OH is 1. The summed E-state index contributed by atoms with van der Waals surface area (Å²) < 4.78 is 13.5. The Morgan fingerprint density at radius 1 is 1.61 bits per heavy atom. The first-order chi connectivity index (χ1) is 8.51. The molecule has 1 rings (SSSR count). The van der Waals surface area contributed by atoms with Crippen molar-refractivity contribution >= 4 is 27.3 Å². The zero-order valence-corrected chi connectivity index (χ0v) is 11.1. The fourth-order valence-corrected chi connectivity index (χ4v) is 1.84. The van der Waals surface area contributed by atoms with E-state index in [9.17, 15) is 14.5 Å². The molecule has 0 saturated carbocycles. The van der Waals surface area contributed by atoms with Crippen LogP contribution in [0, 0.1) is 15.9 Å². The highest BCUT2D eigenvalue weighted by atomic mass is 79.9. The third kappa shape index (κ3) is 3.27. The van der Waals surface area contributed by atoms with Crippen LogP contribution in [0.25, 0.3) is 0 Å². The molecule has 0 aliphatic heterocycles. The summed E-state index contributed by atoms with van der Waals surface area (Å²) >= 11 is 2.91. The number of hydrogen-bond donors (Lipinski definition) is 1. The van der Waals surface area contributed by atoms with Gasteiger partial charge in [0.1, 0.15) is 11.5 Å². The molecule has 1 N–H and O–H groups in total. The normalized spacial score (nSPS) is 10.2. The highest BCUT2D eigenvalue weighted by Crippen LogP contribution is 2.33. The van der Waals surface area contributed by atoms with Gasteiger partial charge in [-0.3, -0.25) is 10.1 Å². The standard InChI is InChI=1S/C11H12BrFN2O3/c1-2-3-14(4-5-16)10-7-9(13)8(12)6-11(10)15(17)18/h2,6-7,16H,1,3-5H2. The summed E-state index contributed by atoms with van der Waals surface area (Å²) in [5.41, 5.74) is -0.103. The van der Waals surface area contributed by atoms with Gasteiger partial charge in [0, 0.05) is 25.2 Å². The van der Waals surface area contributed by atoms with E-state index >= 15 is 0 Å². The molecule has 0 unspecified atom stereocenters. The molecule has 7 heteroatoms. The zero-order valence-electron chi connectivity index (χ0n) is 9.47.